The first-order valence-corrected chi connectivity index (χ1v) is 7.04. The zero-order chi connectivity index (χ0) is 13.8. The lowest BCUT2D eigenvalue weighted by Crippen LogP contribution is -2.39. The van der Waals surface area contributed by atoms with Crippen molar-refractivity contribution in [1.82, 2.24) is 9.97 Å². The van der Waals surface area contributed by atoms with Gasteiger partial charge in [0.1, 0.15) is 0 Å². The van der Waals surface area contributed by atoms with Gasteiger partial charge in [-0.3, -0.25) is 0 Å². The fraction of sp³-hybridized carbons (Fsp3) is 0.714. The maximum absolute atomic E-state index is 5.94. The van der Waals surface area contributed by atoms with Crippen LogP contribution in [-0.4, -0.2) is 35.2 Å². The van der Waals surface area contributed by atoms with Gasteiger partial charge in [0.05, 0.1) is 6.10 Å². The van der Waals surface area contributed by atoms with Crippen molar-refractivity contribution >= 4 is 5.95 Å². The van der Waals surface area contributed by atoms with Crippen LogP contribution in [0.2, 0.25) is 0 Å². The molecule has 0 atom stereocenters. The minimum Gasteiger partial charge on any atom is -0.475 e. The van der Waals surface area contributed by atoms with E-state index < -0.39 is 0 Å². The van der Waals surface area contributed by atoms with E-state index in [9.17, 15) is 0 Å². The number of aromatic nitrogens is 2. The zero-order valence-corrected chi connectivity index (χ0v) is 12.0. The number of nitrogens with two attached hydrogens (primary N) is 1. The Labute approximate surface area is 115 Å². The second kappa shape index (κ2) is 6.19. The first-order chi connectivity index (χ1) is 9.06. The Morgan fingerprint density at radius 1 is 1.32 bits per heavy atom. The number of hydrogen-bond acceptors (Lipinski definition) is 5. The summed E-state index contributed by atoms with van der Waals surface area (Å²) in [4.78, 5) is 11.0. The number of rotatable bonds is 4. The van der Waals surface area contributed by atoms with Crippen molar-refractivity contribution in [2.75, 3.05) is 11.9 Å². The summed E-state index contributed by atoms with van der Waals surface area (Å²) < 4.78 is 5.61. The van der Waals surface area contributed by atoms with Gasteiger partial charge in [0, 0.05) is 31.4 Å². The molecule has 5 nitrogen and oxygen atoms in total. The highest BCUT2D eigenvalue weighted by atomic mass is 16.5. The molecule has 0 bridgehead atoms. The van der Waals surface area contributed by atoms with Gasteiger partial charge < -0.3 is 15.4 Å². The number of ether oxygens (including phenoxy) is 1. The SMILES string of the molecule is CC(C)Oc1ccnc(N(C)C2CCC(N)CC2)n1. The van der Waals surface area contributed by atoms with E-state index in [0.717, 1.165) is 31.6 Å². The van der Waals surface area contributed by atoms with E-state index in [0.29, 0.717) is 18.0 Å². The zero-order valence-electron chi connectivity index (χ0n) is 12.0. The number of nitrogens with zero attached hydrogens (tertiary/aromatic N) is 3. The van der Waals surface area contributed by atoms with Crippen LogP contribution in [0.5, 0.6) is 5.88 Å². The van der Waals surface area contributed by atoms with Gasteiger partial charge in [0.25, 0.3) is 0 Å². The maximum Gasteiger partial charge on any atom is 0.228 e. The van der Waals surface area contributed by atoms with E-state index in [1.54, 1.807) is 12.3 Å². The minimum atomic E-state index is 0.126. The molecule has 5 heteroatoms. The number of hydrogen-bond donors (Lipinski definition) is 1. The third-order valence-electron chi connectivity index (χ3n) is 3.58. The van der Waals surface area contributed by atoms with Gasteiger partial charge in [-0.25, -0.2) is 4.98 Å². The van der Waals surface area contributed by atoms with Gasteiger partial charge in [-0.1, -0.05) is 0 Å². The summed E-state index contributed by atoms with van der Waals surface area (Å²) in [5.74, 6) is 1.37. The summed E-state index contributed by atoms with van der Waals surface area (Å²) >= 11 is 0. The van der Waals surface area contributed by atoms with Crippen LogP contribution in [-0.2, 0) is 0 Å². The maximum atomic E-state index is 5.94. The minimum absolute atomic E-state index is 0.126. The molecule has 1 heterocycles. The molecule has 106 valence electrons. The average Bonchev–Trinajstić information content (AvgIpc) is 2.38. The fourth-order valence-corrected chi connectivity index (χ4v) is 2.46. The molecule has 0 unspecified atom stereocenters. The molecular formula is C14H24N4O. The molecule has 19 heavy (non-hydrogen) atoms. The molecule has 2 N–H and O–H groups in total. The third kappa shape index (κ3) is 3.80. The monoisotopic (exact) mass is 264 g/mol. The summed E-state index contributed by atoms with van der Waals surface area (Å²) in [6, 6.07) is 2.64. The molecule has 1 aromatic rings. The Morgan fingerprint density at radius 2 is 2.00 bits per heavy atom. The molecule has 2 rings (SSSR count). The lowest BCUT2D eigenvalue weighted by atomic mass is 9.91. The van der Waals surface area contributed by atoms with Crippen LogP contribution in [0, 0.1) is 0 Å². The van der Waals surface area contributed by atoms with Crippen molar-refractivity contribution in [2.45, 2.75) is 57.7 Å². The van der Waals surface area contributed by atoms with E-state index in [1.807, 2.05) is 13.8 Å². The highest BCUT2D eigenvalue weighted by Crippen LogP contribution is 2.24. The molecule has 0 saturated heterocycles. The summed E-state index contributed by atoms with van der Waals surface area (Å²) in [5, 5.41) is 0. The van der Waals surface area contributed by atoms with Crippen LogP contribution in [0.3, 0.4) is 0 Å². The Bertz CT molecular complexity index is 402. The van der Waals surface area contributed by atoms with Gasteiger partial charge in [0.2, 0.25) is 11.8 Å². The first-order valence-electron chi connectivity index (χ1n) is 7.04. The Hall–Kier alpha value is -1.36. The summed E-state index contributed by atoms with van der Waals surface area (Å²) in [5.41, 5.74) is 5.94. The molecule has 0 spiro atoms. The average molecular weight is 264 g/mol. The molecule has 1 aliphatic rings. The van der Waals surface area contributed by atoms with Crippen LogP contribution in [0.1, 0.15) is 39.5 Å². The van der Waals surface area contributed by atoms with Crippen LogP contribution >= 0.6 is 0 Å². The number of anilines is 1. The normalized spacial score (nSPS) is 23.4. The smallest absolute Gasteiger partial charge is 0.228 e. The lowest BCUT2D eigenvalue weighted by molar-refractivity contribution is 0.232. The molecular weight excluding hydrogens is 240 g/mol. The van der Waals surface area contributed by atoms with E-state index in [-0.39, 0.29) is 6.10 Å². The highest BCUT2D eigenvalue weighted by molar-refractivity contribution is 5.32. The van der Waals surface area contributed by atoms with Crippen molar-refractivity contribution in [3.63, 3.8) is 0 Å². The fourth-order valence-electron chi connectivity index (χ4n) is 2.46. The third-order valence-corrected chi connectivity index (χ3v) is 3.58. The lowest BCUT2D eigenvalue weighted by Gasteiger charge is -2.33. The van der Waals surface area contributed by atoms with Crippen LogP contribution in [0.15, 0.2) is 12.3 Å². The molecule has 1 saturated carbocycles. The molecule has 1 aromatic heterocycles. The Balaban J connectivity index is 2.04. The van der Waals surface area contributed by atoms with Gasteiger partial charge in [0.15, 0.2) is 0 Å². The van der Waals surface area contributed by atoms with Gasteiger partial charge in [-0.05, 0) is 39.5 Å². The molecule has 0 amide bonds. The molecule has 0 radical (unpaired) electrons. The largest absolute Gasteiger partial charge is 0.475 e. The second-order valence-corrected chi connectivity index (χ2v) is 5.54. The standard InChI is InChI=1S/C14H24N4O/c1-10(2)19-13-8-9-16-14(17-13)18(3)12-6-4-11(15)5-7-12/h8-12H,4-7,15H2,1-3H3. The quantitative estimate of drug-likeness (QED) is 0.900. The van der Waals surface area contributed by atoms with Crippen LogP contribution in [0.25, 0.3) is 0 Å². The van der Waals surface area contributed by atoms with Gasteiger partial charge in [-0.2, -0.15) is 4.98 Å². The van der Waals surface area contributed by atoms with Crippen LogP contribution < -0.4 is 15.4 Å². The van der Waals surface area contributed by atoms with E-state index in [1.165, 1.54) is 0 Å². The topological polar surface area (TPSA) is 64.3 Å². The summed E-state index contributed by atoms with van der Waals surface area (Å²) in [6.45, 7) is 3.99. The van der Waals surface area contributed by atoms with E-state index in [4.69, 9.17) is 10.5 Å². The molecule has 1 aliphatic carbocycles. The predicted molar refractivity (Wildman–Crippen MR) is 76.4 cm³/mol. The Morgan fingerprint density at radius 3 is 2.63 bits per heavy atom. The Kier molecular flexibility index (Phi) is 4.58. The van der Waals surface area contributed by atoms with Crippen molar-refractivity contribution in [3.8, 4) is 5.88 Å². The second-order valence-electron chi connectivity index (χ2n) is 5.54. The van der Waals surface area contributed by atoms with E-state index in [2.05, 4.69) is 21.9 Å². The molecule has 0 aromatic carbocycles. The highest BCUT2D eigenvalue weighted by Gasteiger charge is 2.23. The van der Waals surface area contributed by atoms with Crippen molar-refractivity contribution in [3.05, 3.63) is 12.3 Å². The van der Waals surface area contributed by atoms with Gasteiger partial charge in [-0.15, -0.1) is 0 Å². The predicted octanol–water partition coefficient (Wildman–Crippen LogP) is 1.97. The van der Waals surface area contributed by atoms with Crippen molar-refractivity contribution in [2.24, 2.45) is 5.73 Å². The first kappa shape index (κ1) is 14.1. The van der Waals surface area contributed by atoms with Crippen molar-refractivity contribution in [1.29, 1.82) is 0 Å². The molecule has 0 aliphatic heterocycles. The summed E-state index contributed by atoms with van der Waals surface area (Å²) in [6.07, 6.45) is 6.26. The van der Waals surface area contributed by atoms with Crippen LogP contribution in [0.4, 0.5) is 5.95 Å². The summed E-state index contributed by atoms with van der Waals surface area (Å²) in [7, 11) is 2.05. The molecule has 1 fully saturated rings. The van der Waals surface area contributed by atoms with Crippen molar-refractivity contribution < 1.29 is 4.74 Å². The van der Waals surface area contributed by atoms with E-state index >= 15 is 0 Å². The van der Waals surface area contributed by atoms with Gasteiger partial charge >= 0.3 is 0 Å².